The number of rotatable bonds is 5. The Morgan fingerprint density at radius 2 is 1.84 bits per heavy atom. The Bertz CT molecular complexity index is 671. The van der Waals surface area contributed by atoms with Crippen LogP contribution in [0, 0.1) is 6.92 Å². The lowest BCUT2D eigenvalue weighted by molar-refractivity contribution is 0.570. The highest BCUT2D eigenvalue weighted by Crippen LogP contribution is 2.23. The topological polar surface area (TPSA) is 49.3 Å². The zero-order chi connectivity index (χ0) is 17.6. The molecule has 138 valence electrons. The standard InChI is InChI=1S/C19H28N4S.HI/c1-6-20-18(21-11-15-9-7-14(2)8-10-15)22-12-17-23-16(13-24-17)19(3,4)5;/h7-10,13H,6,11-12H2,1-5H3,(H2,20,21,22);1H. The van der Waals surface area contributed by atoms with Crippen LogP contribution in [0.2, 0.25) is 0 Å². The van der Waals surface area contributed by atoms with E-state index in [4.69, 9.17) is 4.98 Å². The monoisotopic (exact) mass is 472 g/mol. The Hall–Kier alpha value is -1.15. The summed E-state index contributed by atoms with van der Waals surface area (Å²) < 4.78 is 0. The highest BCUT2D eigenvalue weighted by atomic mass is 127. The molecule has 6 heteroatoms. The van der Waals surface area contributed by atoms with Crippen molar-refractivity contribution in [3.8, 4) is 0 Å². The second kappa shape index (κ2) is 10.1. The summed E-state index contributed by atoms with van der Waals surface area (Å²) in [6, 6.07) is 8.49. The van der Waals surface area contributed by atoms with Crippen LogP contribution in [0.15, 0.2) is 34.6 Å². The molecule has 0 bridgehead atoms. The molecule has 0 unspecified atom stereocenters. The zero-order valence-electron chi connectivity index (χ0n) is 15.7. The van der Waals surface area contributed by atoms with E-state index in [1.807, 2.05) is 0 Å². The number of nitrogens with one attached hydrogen (secondary N) is 2. The zero-order valence-corrected chi connectivity index (χ0v) is 18.9. The van der Waals surface area contributed by atoms with Gasteiger partial charge in [-0.05, 0) is 19.4 Å². The van der Waals surface area contributed by atoms with Gasteiger partial charge in [-0.2, -0.15) is 0 Å². The summed E-state index contributed by atoms with van der Waals surface area (Å²) in [5, 5.41) is 9.89. The van der Waals surface area contributed by atoms with Gasteiger partial charge >= 0.3 is 0 Å². The number of halogens is 1. The molecule has 1 aromatic heterocycles. The van der Waals surface area contributed by atoms with E-state index in [0.717, 1.165) is 23.2 Å². The molecule has 0 aliphatic carbocycles. The van der Waals surface area contributed by atoms with Crippen molar-refractivity contribution in [2.75, 3.05) is 6.54 Å². The third-order valence-electron chi connectivity index (χ3n) is 3.61. The third-order valence-corrected chi connectivity index (χ3v) is 4.46. The molecule has 0 aliphatic heterocycles. The molecule has 0 saturated heterocycles. The van der Waals surface area contributed by atoms with E-state index in [1.165, 1.54) is 11.1 Å². The van der Waals surface area contributed by atoms with Gasteiger partial charge in [0.1, 0.15) is 5.01 Å². The summed E-state index contributed by atoms with van der Waals surface area (Å²) in [5.74, 6) is 0.825. The average Bonchev–Trinajstić information content (AvgIpc) is 3.01. The van der Waals surface area contributed by atoms with E-state index < -0.39 is 0 Å². The number of thiazole rings is 1. The Kier molecular flexibility index (Phi) is 8.85. The first kappa shape index (κ1) is 21.9. The molecule has 0 fully saturated rings. The van der Waals surface area contributed by atoms with Gasteiger partial charge in [0, 0.05) is 17.3 Å². The normalized spacial score (nSPS) is 11.8. The van der Waals surface area contributed by atoms with Crippen molar-refractivity contribution in [2.45, 2.75) is 53.1 Å². The van der Waals surface area contributed by atoms with E-state index in [1.54, 1.807) is 11.3 Å². The molecular formula is C19H29IN4S. The van der Waals surface area contributed by atoms with Crippen LogP contribution in [0.1, 0.15) is 49.5 Å². The molecule has 0 amide bonds. The van der Waals surface area contributed by atoms with Crippen molar-refractivity contribution in [1.82, 2.24) is 15.6 Å². The molecule has 0 saturated carbocycles. The first-order chi connectivity index (χ1) is 11.4. The molecule has 2 rings (SSSR count). The van der Waals surface area contributed by atoms with Gasteiger partial charge in [-0.15, -0.1) is 35.3 Å². The van der Waals surface area contributed by atoms with Crippen LogP contribution in [-0.4, -0.2) is 17.5 Å². The first-order valence-corrected chi connectivity index (χ1v) is 9.29. The predicted molar refractivity (Wildman–Crippen MR) is 119 cm³/mol. The highest BCUT2D eigenvalue weighted by molar-refractivity contribution is 14.0. The predicted octanol–water partition coefficient (Wildman–Crippen LogP) is 4.62. The van der Waals surface area contributed by atoms with Crippen molar-refractivity contribution >= 4 is 41.3 Å². The molecule has 2 N–H and O–H groups in total. The minimum absolute atomic E-state index is 0. The van der Waals surface area contributed by atoms with Crippen molar-refractivity contribution in [2.24, 2.45) is 4.99 Å². The summed E-state index contributed by atoms with van der Waals surface area (Å²) in [4.78, 5) is 9.37. The second-order valence-corrected chi connectivity index (χ2v) is 7.85. The molecule has 0 spiro atoms. The maximum atomic E-state index is 4.71. The number of guanidine groups is 1. The van der Waals surface area contributed by atoms with Crippen molar-refractivity contribution in [1.29, 1.82) is 0 Å². The SMILES string of the molecule is CCNC(=NCc1ccc(C)cc1)NCc1nc(C(C)(C)C)cs1.I. The molecule has 0 radical (unpaired) electrons. The number of aromatic nitrogens is 1. The molecule has 2 aromatic rings. The van der Waals surface area contributed by atoms with E-state index in [2.05, 4.69) is 79.9 Å². The fraction of sp³-hybridized carbons (Fsp3) is 0.474. The Labute approximate surface area is 172 Å². The van der Waals surface area contributed by atoms with Crippen LogP contribution < -0.4 is 10.6 Å². The van der Waals surface area contributed by atoms with Gasteiger partial charge in [-0.3, -0.25) is 0 Å². The molecular weight excluding hydrogens is 443 g/mol. The number of nitrogens with zero attached hydrogens (tertiary/aromatic N) is 2. The van der Waals surface area contributed by atoms with Crippen molar-refractivity contribution < 1.29 is 0 Å². The molecule has 0 atom stereocenters. The van der Waals surface area contributed by atoms with Crippen LogP contribution in [-0.2, 0) is 18.5 Å². The quantitative estimate of drug-likeness (QED) is 0.379. The average molecular weight is 472 g/mol. The highest BCUT2D eigenvalue weighted by Gasteiger charge is 2.17. The van der Waals surface area contributed by atoms with E-state index in [0.29, 0.717) is 13.1 Å². The largest absolute Gasteiger partial charge is 0.357 e. The summed E-state index contributed by atoms with van der Waals surface area (Å²) in [6.07, 6.45) is 0. The van der Waals surface area contributed by atoms with Gasteiger partial charge in [-0.1, -0.05) is 50.6 Å². The number of hydrogen-bond donors (Lipinski definition) is 2. The summed E-state index contributed by atoms with van der Waals surface area (Å²) in [5.41, 5.74) is 3.72. The molecule has 25 heavy (non-hydrogen) atoms. The van der Waals surface area contributed by atoms with Crippen LogP contribution in [0.4, 0.5) is 0 Å². The van der Waals surface area contributed by atoms with Gasteiger partial charge in [0.15, 0.2) is 5.96 Å². The Morgan fingerprint density at radius 1 is 1.16 bits per heavy atom. The van der Waals surface area contributed by atoms with Crippen molar-refractivity contribution in [3.05, 3.63) is 51.5 Å². The summed E-state index contributed by atoms with van der Waals surface area (Å²) in [7, 11) is 0. The summed E-state index contributed by atoms with van der Waals surface area (Å²) >= 11 is 1.70. The number of aliphatic imine (C=N–C) groups is 1. The Balaban J connectivity index is 0.00000312. The molecule has 4 nitrogen and oxygen atoms in total. The van der Waals surface area contributed by atoms with E-state index in [9.17, 15) is 0 Å². The van der Waals surface area contributed by atoms with Gasteiger partial charge in [-0.25, -0.2) is 9.98 Å². The maximum Gasteiger partial charge on any atom is 0.191 e. The number of aryl methyl sites for hydroxylation is 1. The lowest BCUT2D eigenvalue weighted by Gasteiger charge is -2.14. The van der Waals surface area contributed by atoms with Gasteiger partial charge in [0.25, 0.3) is 0 Å². The van der Waals surface area contributed by atoms with Crippen LogP contribution in [0.5, 0.6) is 0 Å². The summed E-state index contributed by atoms with van der Waals surface area (Å²) in [6.45, 7) is 12.9. The molecule has 1 aromatic carbocycles. The molecule has 0 aliphatic rings. The van der Waals surface area contributed by atoms with E-state index >= 15 is 0 Å². The van der Waals surface area contributed by atoms with Crippen LogP contribution in [0.3, 0.4) is 0 Å². The van der Waals surface area contributed by atoms with Crippen LogP contribution in [0.25, 0.3) is 0 Å². The Morgan fingerprint density at radius 3 is 2.40 bits per heavy atom. The second-order valence-electron chi connectivity index (χ2n) is 6.91. The fourth-order valence-corrected chi connectivity index (χ4v) is 3.06. The molecule has 1 heterocycles. The number of benzene rings is 1. The minimum Gasteiger partial charge on any atom is -0.357 e. The van der Waals surface area contributed by atoms with E-state index in [-0.39, 0.29) is 29.4 Å². The first-order valence-electron chi connectivity index (χ1n) is 8.41. The van der Waals surface area contributed by atoms with Gasteiger partial charge in [0.2, 0.25) is 0 Å². The lowest BCUT2D eigenvalue weighted by Crippen LogP contribution is -2.36. The van der Waals surface area contributed by atoms with Gasteiger partial charge in [0.05, 0.1) is 18.8 Å². The fourth-order valence-electron chi connectivity index (χ4n) is 2.10. The number of hydrogen-bond acceptors (Lipinski definition) is 3. The maximum absolute atomic E-state index is 4.71. The smallest absolute Gasteiger partial charge is 0.191 e. The van der Waals surface area contributed by atoms with Gasteiger partial charge < -0.3 is 10.6 Å². The third kappa shape index (κ3) is 7.32. The minimum atomic E-state index is 0. The van der Waals surface area contributed by atoms with Crippen molar-refractivity contribution in [3.63, 3.8) is 0 Å². The van der Waals surface area contributed by atoms with Crippen LogP contribution >= 0.6 is 35.3 Å². The lowest BCUT2D eigenvalue weighted by atomic mass is 9.93.